The van der Waals surface area contributed by atoms with Gasteiger partial charge in [0.2, 0.25) is 0 Å². The van der Waals surface area contributed by atoms with Crippen LogP contribution < -0.4 is 25.0 Å². The first-order valence-electron chi connectivity index (χ1n) is 14.2. The maximum absolute atomic E-state index is 13.2. The zero-order valence-corrected chi connectivity index (χ0v) is 26.9. The monoisotopic (exact) mass is 667 g/mol. The largest absolute Gasteiger partial charge is 0.490 e. The number of halogens is 3. The van der Waals surface area contributed by atoms with Crippen LogP contribution in [0.4, 0.5) is 0 Å². The van der Waals surface area contributed by atoms with Crippen molar-refractivity contribution in [3.63, 3.8) is 0 Å². The fraction of sp³-hybridized carbons (Fsp3) is 0.206. The number of hydrazone groups is 1. The van der Waals surface area contributed by atoms with Gasteiger partial charge in [0.15, 0.2) is 17.6 Å². The highest BCUT2D eigenvalue weighted by molar-refractivity contribution is 6.35. The lowest BCUT2D eigenvalue weighted by Gasteiger charge is -2.21. The molecule has 4 aromatic rings. The number of nitrogens with one attached hydrogen (secondary N) is 2. The predicted octanol–water partition coefficient (Wildman–Crippen LogP) is 7.27. The molecule has 0 aliphatic rings. The van der Waals surface area contributed by atoms with Crippen LogP contribution in [0.25, 0.3) is 0 Å². The minimum absolute atomic E-state index is 0.230. The van der Waals surface area contributed by atoms with Crippen molar-refractivity contribution in [2.24, 2.45) is 5.10 Å². The Morgan fingerprint density at radius 1 is 0.822 bits per heavy atom. The van der Waals surface area contributed by atoms with Crippen molar-refractivity contribution in [1.82, 2.24) is 10.7 Å². The zero-order chi connectivity index (χ0) is 32.2. The third kappa shape index (κ3) is 10.1. The molecule has 0 spiro atoms. The van der Waals surface area contributed by atoms with Crippen molar-refractivity contribution in [3.8, 4) is 17.2 Å². The van der Waals surface area contributed by atoms with Crippen LogP contribution >= 0.6 is 34.8 Å². The number of amides is 2. The fourth-order valence-electron chi connectivity index (χ4n) is 4.17. The van der Waals surface area contributed by atoms with Crippen molar-refractivity contribution >= 4 is 52.8 Å². The van der Waals surface area contributed by atoms with Gasteiger partial charge in [-0.3, -0.25) is 9.59 Å². The standard InChI is InChI=1S/C34H32Cl3N3O5/c1-3-43-32-18-24(13-15-31(32)44-21-25-11-7-8-12-27(25)36)20-38-40-34(42)29(17-23-9-5-4-6-10-23)39-33(41)22(2)45-30-16-14-26(35)19-28(30)37/h4-16,18-20,22,29H,3,17,21H2,1-2H3,(H,39,41)(H,40,42)/b38-20-/t22-,29-/m0/s1. The second-order valence-corrected chi connectivity index (χ2v) is 11.1. The molecule has 2 atom stereocenters. The SMILES string of the molecule is CCOc1cc(/C=N\NC(=O)[C@H](Cc2ccccc2)NC(=O)[C@H](C)Oc2ccc(Cl)cc2Cl)ccc1OCc1ccccc1Cl. The van der Waals surface area contributed by atoms with Gasteiger partial charge in [-0.05, 0) is 67.4 Å². The van der Waals surface area contributed by atoms with Crippen LogP contribution in [0, 0.1) is 0 Å². The van der Waals surface area contributed by atoms with E-state index in [1.807, 2.05) is 55.5 Å². The Morgan fingerprint density at radius 3 is 2.29 bits per heavy atom. The Morgan fingerprint density at radius 2 is 1.56 bits per heavy atom. The minimum atomic E-state index is -0.950. The predicted molar refractivity (Wildman–Crippen MR) is 178 cm³/mol. The zero-order valence-electron chi connectivity index (χ0n) is 24.6. The summed E-state index contributed by atoms with van der Waals surface area (Å²) in [5.74, 6) is 0.340. The molecule has 2 N–H and O–H groups in total. The van der Waals surface area contributed by atoms with E-state index in [1.165, 1.54) is 12.3 Å². The number of ether oxygens (including phenoxy) is 3. The van der Waals surface area contributed by atoms with Gasteiger partial charge in [0.1, 0.15) is 18.4 Å². The topological polar surface area (TPSA) is 98.2 Å². The molecule has 0 fully saturated rings. The molecule has 11 heteroatoms. The molecule has 0 bridgehead atoms. The third-order valence-electron chi connectivity index (χ3n) is 6.48. The molecule has 2 amide bonds. The molecule has 8 nitrogen and oxygen atoms in total. The highest BCUT2D eigenvalue weighted by atomic mass is 35.5. The number of nitrogens with zero attached hydrogens (tertiary/aromatic N) is 1. The summed E-state index contributed by atoms with van der Waals surface area (Å²) in [4.78, 5) is 26.3. The minimum Gasteiger partial charge on any atom is -0.490 e. The van der Waals surface area contributed by atoms with Crippen molar-refractivity contribution in [1.29, 1.82) is 0 Å². The van der Waals surface area contributed by atoms with Crippen LogP contribution in [0.3, 0.4) is 0 Å². The maximum atomic E-state index is 13.2. The number of carbonyl (C=O) groups excluding carboxylic acids is 2. The second-order valence-electron chi connectivity index (χ2n) is 9.84. The number of carbonyl (C=O) groups is 2. The van der Waals surface area contributed by atoms with E-state index in [0.29, 0.717) is 39.5 Å². The van der Waals surface area contributed by atoms with Gasteiger partial charge < -0.3 is 19.5 Å². The third-order valence-corrected chi connectivity index (χ3v) is 7.38. The molecule has 0 aromatic heterocycles. The second kappa shape index (κ2) is 16.7. The molecule has 4 rings (SSSR count). The molecule has 45 heavy (non-hydrogen) atoms. The van der Waals surface area contributed by atoms with E-state index in [2.05, 4.69) is 15.8 Å². The van der Waals surface area contributed by atoms with E-state index >= 15 is 0 Å². The van der Waals surface area contributed by atoms with Gasteiger partial charge in [0.05, 0.1) is 17.8 Å². The van der Waals surface area contributed by atoms with Crippen molar-refractivity contribution in [3.05, 3.63) is 123 Å². The van der Waals surface area contributed by atoms with Gasteiger partial charge in [-0.15, -0.1) is 0 Å². The molecule has 0 unspecified atom stereocenters. The van der Waals surface area contributed by atoms with E-state index in [0.717, 1.165) is 11.1 Å². The summed E-state index contributed by atoms with van der Waals surface area (Å²) in [6, 6.07) is 25.8. The molecular weight excluding hydrogens is 637 g/mol. The average molecular weight is 669 g/mol. The van der Waals surface area contributed by atoms with Crippen LogP contribution in [-0.2, 0) is 22.6 Å². The van der Waals surface area contributed by atoms with Crippen LogP contribution in [0.15, 0.2) is 96.1 Å². The molecule has 234 valence electrons. The molecule has 0 aliphatic carbocycles. The normalized spacial score (nSPS) is 12.3. The molecule has 0 heterocycles. The first kappa shape index (κ1) is 33.6. The summed E-state index contributed by atoms with van der Waals surface area (Å²) in [6.07, 6.45) is 0.760. The quantitative estimate of drug-likeness (QED) is 0.109. The first-order chi connectivity index (χ1) is 21.7. The van der Waals surface area contributed by atoms with Gasteiger partial charge in [-0.1, -0.05) is 83.3 Å². The van der Waals surface area contributed by atoms with Gasteiger partial charge in [0.25, 0.3) is 11.8 Å². The molecule has 0 radical (unpaired) electrons. The number of rotatable bonds is 14. The van der Waals surface area contributed by atoms with Crippen LogP contribution in [-0.4, -0.2) is 36.8 Å². The first-order valence-corrected chi connectivity index (χ1v) is 15.3. The molecule has 0 saturated carbocycles. The van der Waals surface area contributed by atoms with Crippen molar-refractivity contribution in [2.45, 2.75) is 39.0 Å². The van der Waals surface area contributed by atoms with E-state index in [1.54, 1.807) is 43.3 Å². The fourth-order valence-corrected chi connectivity index (χ4v) is 4.82. The van der Waals surface area contributed by atoms with Gasteiger partial charge >= 0.3 is 0 Å². The van der Waals surface area contributed by atoms with Gasteiger partial charge in [-0.2, -0.15) is 5.10 Å². The summed E-state index contributed by atoms with van der Waals surface area (Å²) in [5, 5.41) is 8.22. The molecule has 0 aliphatic heterocycles. The van der Waals surface area contributed by atoms with Crippen molar-refractivity contribution < 1.29 is 23.8 Å². The number of benzene rings is 4. The lowest BCUT2D eigenvalue weighted by Crippen LogP contribution is -2.50. The molecule has 4 aromatic carbocycles. The summed E-state index contributed by atoms with van der Waals surface area (Å²) in [6.45, 7) is 4.13. The lowest BCUT2D eigenvalue weighted by molar-refractivity contribution is -0.132. The Kier molecular flexibility index (Phi) is 12.5. The summed E-state index contributed by atoms with van der Waals surface area (Å²) < 4.78 is 17.5. The van der Waals surface area contributed by atoms with E-state index in [4.69, 9.17) is 49.0 Å². The van der Waals surface area contributed by atoms with Gasteiger partial charge in [0, 0.05) is 22.0 Å². The smallest absolute Gasteiger partial charge is 0.262 e. The summed E-state index contributed by atoms with van der Waals surface area (Å²) in [7, 11) is 0. The number of hydrogen-bond donors (Lipinski definition) is 2. The molecular formula is C34H32Cl3N3O5. The highest BCUT2D eigenvalue weighted by Crippen LogP contribution is 2.30. The number of hydrogen-bond acceptors (Lipinski definition) is 6. The Hall–Kier alpha value is -4.24. The lowest BCUT2D eigenvalue weighted by atomic mass is 10.1. The van der Waals surface area contributed by atoms with Crippen molar-refractivity contribution in [2.75, 3.05) is 6.61 Å². The summed E-state index contributed by atoms with van der Waals surface area (Å²) >= 11 is 18.4. The van der Waals surface area contributed by atoms with E-state index in [-0.39, 0.29) is 18.1 Å². The average Bonchev–Trinajstić information content (AvgIpc) is 3.03. The molecule has 0 saturated heterocycles. The van der Waals surface area contributed by atoms with Gasteiger partial charge in [-0.25, -0.2) is 5.43 Å². The van der Waals surface area contributed by atoms with E-state index in [9.17, 15) is 9.59 Å². The summed E-state index contributed by atoms with van der Waals surface area (Å²) in [5.41, 5.74) is 4.89. The van der Waals surface area contributed by atoms with Crippen LogP contribution in [0.2, 0.25) is 15.1 Å². The maximum Gasteiger partial charge on any atom is 0.262 e. The van der Waals surface area contributed by atoms with Crippen LogP contribution in [0.5, 0.6) is 17.2 Å². The Labute approximate surface area is 277 Å². The van der Waals surface area contributed by atoms with Crippen LogP contribution in [0.1, 0.15) is 30.5 Å². The van der Waals surface area contributed by atoms with E-state index < -0.39 is 24.0 Å². The highest BCUT2D eigenvalue weighted by Gasteiger charge is 2.25. The Balaban J connectivity index is 1.42. The Bertz CT molecular complexity index is 1630.